The Morgan fingerprint density at radius 2 is 0.806 bits per heavy atom. The van der Waals surface area contributed by atoms with E-state index in [1.165, 1.54) is 21.8 Å². The lowest BCUT2D eigenvalue weighted by Crippen LogP contribution is -2.60. The molecule has 0 N–H and O–H groups in total. The van der Waals surface area contributed by atoms with E-state index in [9.17, 15) is 38.4 Å². The molecule has 334 valence electrons. The molecular formula is C38H44N6O18. The Hall–Kier alpha value is -6.82. The van der Waals surface area contributed by atoms with Gasteiger partial charge in [-0.25, -0.2) is 9.36 Å². The van der Waals surface area contributed by atoms with Gasteiger partial charge in [0.05, 0.1) is 12.4 Å². The summed E-state index contributed by atoms with van der Waals surface area (Å²) in [5, 5.41) is 16.9. The van der Waals surface area contributed by atoms with E-state index in [-0.39, 0.29) is 11.4 Å². The Morgan fingerprint density at radius 1 is 0.484 bits per heavy atom. The van der Waals surface area contributed by atoms with Crippen LogP contribution < -0.4 is 0 Å². The second kappa shape index (κ2) is 20.2. The molecule has 1 aromatic carbocycles. The van der Waals surface area contributed by atoms with Gasteiger partial charge in [0, 0.05) is 66.5 Å². The predicted octanol–water partition coefficient (Wildman–Crippen LogP) is 0.715. The van der Waals surface area contributed by atoms with Crippen LogP contribution in [-0.2, 0) is 85.7 Å². The van der Waals surface area contributed by atoms with Crippen LogP contribution in [0.3, 0.4) is 0 Å². The molecule has 2 fully saturated rings. The van der Waals surface area contributed by atoms with Crippen molar-refractivity contribution in [3.63, 3.8) is 0 Å². The van der Waals surface area contributed by atoms with E-state index in [1.54, 1.807) is 24.3 Å². The molecule has 2 aliphatic heterocycles. The van der Waals surface area contributed by atoms with Crippen LogP contribution in [0.25, 0.3) is 22.5 Å². The molecule has 62 heavy (non-hydrogen) atoms. The van der Waals surface area contributed by atoms with Crippen molar-refractivity contribution >= 4 is 47.8 Å². The fourth-order valence-electron chi connectivity index (χ4n) is 6.74. The monoisotopic (exact) mass is 872 g/mol. The van der Waals surface area contributed by atoms with Crippen LogP contribution in [0.5, 0.6) is 0 Å². The van der Waals surface area contributed by atoms with E-state index in [2.05, 4.69) is 20.6 Å². The third kappa shape index (κ3) is 11.7. The summed E-state index contributed by atoms with van der Waals surface area (Å²) in [6, 6.07) is 6.72. The van der Waals surface area contributed by atoms with Gasteiger partial charge in [0.2, 0.25) is 0 Å². The van der Waals surface area contributed by atoms with Crippen molar-refractivity contribution < 1.29 is 85.7 Å². The quantitative estimate of drug-likeness (QED) is 0.159. The molecular weight excluding hydrogens is 828 g/mol. The average molecular weight is 873 g/mol. The van der Waals surface area contributed by atoms with Gasteiger partial charge in [-0.15, -0.1) is 10.2 Å². The van der Waals surface area contributed by atoms with E-state index in [0.29, 0.717) is 11.1 Å². The molecule has 4 heterocycles. The Balaban J connectivity index is 1.49. The number of benzene rings is 1. The standard InChI is InChI=1S/C38H44N6O18/c1-17(45)53-15-29-31(55-19(3)47)33(57-21(5)49)35(59-23(7)51)37(61-29)43-13-27(39-41-43)25-10-9-11-26(12-25)28-14-44(42-40-28)38-36(60-24(8)52)34(58-22(6)50)32(56-20(4)48)30(62-38)16-54-18(2)46/h9-14,29-38H,15-16H2,1-8H3/t29-,30-,31-,32-,33+,34+,35+,36+,37+,38+/m1/s1. The number of ether oxygens (including phenoxy) is 10. The van der Waals surface area contributed by atoms with Gasteiger partial charge in [-0.05, 0) is 6.07 Å². The molecule has 2 aliphatic rings. The maximum absolute atomic E-state index is 12.4. The Morgan fingerprint density at radius 3 is 1.13 bits per heavy atom. The average Bonchev–Trinajstić information content (AvgIpc) is 3.87. The number of hydrogen-bond donors (Lipinski definition) is 0. The largest absolute Gasteiger partial charge is 0.463 e. The highest BCUT2D eigenvalue weighted by atomic mass is 16.7. The van der Waals surface area contributed by atoms with Crippen LogP contribution in [0.15, 0.2) is 36.7 Å². The van der Waals surface area contributed by atoms with Crippen LogP contribution >= 0.6 is 0 Å². The first kappa shape index (κ1) is 46.2. The minimum absolute atomic E-state index is 0.256. The lowest BCUT2D eigenvalue weighted by molar-refractivity contribution is -0.270. The fourth-order valence-corrected chi connectivity index (χ4v) is 6.74. The van der Waals surface area contributed by atoms with Gasteiger partial charge < -0.3 is 47.4 Å². The number of carbonyl (C=O) groups is 8. The van der Waals surface area contributed by atoms with Crippen LogP contribution in [0, 0.1) is 0 Å². The second-order valence-electron chi connectivity index (χ2n) is 13.9. The minimum Gasteiger partial charge on any atom is -0.463 e. The molecule has 5 rings (SSSR count). The molecule has 10 atom stereocenters. The van der Waals surface area contributed by atoms with Gasteiger partial charge in [-0.1, -0.05) is 28.6 Å². The van der Waals surface area contributed by atoms with Crippen LogP contribution in [0.4, 0.5) is 0 Å². The summed E-state index contributed by atoms with van der Waals surface area (Å²) < 4.78 is 58.1. The molecule has 0 radical (unpaired) electrons. The number of hydrogen-bond acceptors (Lipinski definition) is 22. The summed E-state index contributed by atoms with van der Waals surface area (Å²) in [5.74, 6) is -6.15. The molecule has 0 amide bonds. The Labute approximate surface area is 352 Å². The van der Waals surface area contributed by atoms with Gasteiger partial charge in [0.15, 0.2) is 49.1 Å². The van der Waals surface area contributed by atoms with Crippen molar-refractivity contribution in [2.45, 2.75) is 117 Å². The first-order valence-electron chi connectivity index (χ1n) is 18.9. The molecule has 0 saturated carbocycles. The van der Waals surface area contributed by atoms with E-state index >= 15 is 0 Å². The molecule has 0 aliphatic carbocycles. The molecule has 0 bridgehead atoms. The highest BCUT2D eigenvalue weighted by Gasteiger charge is 2.54. The first-order valence-corrected chi connectivity index (χ1v) is 18.9. The zero-order chi connectivity index (χ0) is 45.4. The van der Waals surface area contributed by atoms with Gasteiger partial charge in [0.25, 0.3) is 0 Å². The summed E-state index contributed by atoms with van der Waals surface area (Å²) in [6.07, 6.45) is -10.8. The van der Waals surface area contributed by atoms with Crippen LogP contribution in [0.2, 0.25) is 0 Å². The van der Waals surface area contributed by atoms with E-state index in [4.69, 9.17) is 47.4 Å². The lowest BCUT2D eigenvalue weighted by atomic mass is 9.97. The van der Waals surface area contributed by atoms with Crippen molar-refractivity contribution in [2.75, 3.05) is 13.2 Å². The van der Waals surface area contributed by atoms with E-state index in [1.807, 2.05) is 0 Å². The number of nitrogens with zero attached hydrogens (tertiary/aromatic N) is 6. The van der Waals surface area contributed by atoms with Gasteiger partial charge in [-0.2, -0.15) is 0 Å². The van der Waals surface area contributed by atoms with Gasteiger partial charge in [-0.3, -0.25) is 38.4 Å². The molecule has 0 spiro atoms. The van der Waals surface area contributed by atoms with Crippen molar-refractivity contribution in [2.24, 2.45) is 0 Å². The van der Waals surface area contributed by atoms with Crippen LogP contribution in [0.1, 0.15) is 67.8 Å². The zero-order valence-electron chi connectivity index (χ0n) is 34.7. The fraction of sp³-hybridized carbons (Fsp3) is 0.526. The second-order valence-corrected chi connectivity index (χ2v) is 13.9. The maximum atomic E-state index is 12.4. The normalized spacial score (nSPS) is 25.6. The maximum Gasteiger partial charge on any atom is 0.303 e. The van der Waals surface area contributed by atoms with E-state index in [0.717, 1.165) is 55.4 Å². The third-order valence-corrected chi connectivity index (χ3v) is 8.93. The third-order valence-electron chi connectivity index (χ3n) is 8.93. The Bertz CT molecular complexity index is 2030. The van der Waals surface area contributed by atoms with Crippen molar-refractivity contribution in [1.82, 2.24) is 30.0 Å². The SMILES string of the molecule is CC(=O)OC[C@H]1O[C@H](n2cc(-c3cccc(-c4cn([C@H]5O[C@H](COC(C)=O)[C@@H](OC(C)=O)[C@H](OC(C)=O)[C@@H]5OC(C)=O)nn4)c3)nn2)[C@@H](OC(C)=O)[C@@H](OC(C)=O)[C@@H]1OC(C)=O. The smallest absolute Gasteiger partial charge is 0.303 e. The van der Waals surface area contributed by atoms with E-state index < -0.39 is 122 Å². The van der Waals surface area contributed by atoms with Crippen molar-refractivity contribution in [3.05, 3.63) is 36.7 Å². The highest BCUT2D eigenvalue weighted by molar-refractivity contribution is 5.71. The van der Waals surface area contributed by atoms with Crippen molar-refractivity contribution in [3.8, 4) is 22.5 Å². The van der Waals surface area contributed by atoms with Gasteiger partial charge >= 0.3 is 47.8 Å². The number of aromatic nitrogens is 6. The minimum atomic E-state index is -1.44. The van der Waals surface area contributed by atoms with Gasteiger partial charge in [0.1, 0.15) is 36.8 Å². The topological polar surface area (TPSA) is 290 Å². The highest BCUT2D eigenvalue weighted by Crippen LogP contribution is 2.37. The summed E-state index contributed by atoms with van der Waals surface area (Å²) >= 11 is 0. The summed E-state index contributed by atoms with van der Waals surface area (Å²) in [6.45, 7) is 8.04. The zero-order valence-corrected chi connectivity index (χ0v) is 34.7. The molecule has 24 nitrogen and oxygen atoms in total. The summed E-state index contributed by atoms with van der Waals surface area (Å²) in [7, 11) is 0. The molecule has 2 aromatic heterocycles. The first-order chi connectivity index (χ1) is 29.3. The molecule has 2 saturated heterocycles. The van der Waals surface area contributed by atoms with Crippen molar-refractivity contribution in [1.29, 1.82) is 0 Å². The molecule has 24 heteroatoms. The number of rotatable bonds is 14. The molecule has 3 aromatic rings. The number of carbonyl (C=O) groups excluding carboxylic acids is 8. The molecule has 0 unspecified atom stereocenters. The van der Waals surface area contributed by atoms with Crippen LogP contribution in [-0.4, -0.2) is 140 Å². The lowest BCUT2D eigenvalue weighted by Gasteiger charge is -2.44. The summed E-state index contributed by atoms with van der Waals surface area (Å²) in [4.78, 5) is 97.1. The Kier molecular flexibility index (Phi) is 15.0. The summed E-state index contributed by atoms with van der Waals surface area (Å²) in [5.41, 5.74) is 1.46. The predicted molar refractivity (Wildman–Crippen MR) is 199 cm³/mol. The number of esters is 8.